The van der Waals surface area contributed by atoms with Gasteiger partial charge in [0.25, 0.3) is 0 Å². The molecule has 1 atom stereocenters. The molecule has 1 fully saturated rings. The van der Waals surface area contributed by atoms with Crippen molar-refractivity contribution < 1.29 is 4.79 Å². The molecule has 1 saturated heterocycles. The molecule has 142 valence electrons. The van der Waals surface area contributed by atoms with Crippen molar-refractivity contribution in [2.45, 2.75) is 32.7 Å². The van der Waals surface area contributed by atoms with Crippen LogP contribution in [0.4, 0.5) is 5.69 Å². The molecule has 0 bridgehead atoms. The van der Waals surface area contributed by atoms with Crippen LogP contribution in [0.15, 0.2) is 29.1 Å². The standard InChI is InChI=1S/C19H24N6O2/c1-12-9-13(2)25(23-12)15-5-7-24(11-15)8-6-18(26)20-14-3-4-16-17(10-14)22-19(27)21-16/h3-4,9-10,15H,5-8,11H2,1-2H3,(H,20,26)(H2,21,22,27). The Kier molecular flexibility index (Phi) is 4.57. The quantitative estimate of drug-likeness (QED) is 0.641. The summed E-state index contributed by atoms with van der Waals surface area (Å²) < 4.78 is 2.11. The van der Waals surface area contributed by atoms with Gasteiger partial charge < -0.3 is 20.2 Å². The van der Waals surface area contributed by atoms with Gasteiger partial charge in [-0.2, -0.15) is 5.10 Å². The normalized spacial score (nSPS) is 17.6. The lowest BCUT2D eigenvalue weighted by Crippen LogP contribution is -2.26. The molecule has 3 N–H and O–H groups in total. The number of aromatic nitrogens is 4. The van der Waals surface area contributed by atoms with Gasteiger partial charge in [-0.15, -0.1) is 0 Å². The highest BCUT2D eigenvalue weighted by Gasteiger charge is 2.25. The summed E-state index contributed by atoms with van der Waals surface area (Å²) >= 11 is 0. The second kappa shape index (κ2) is 7.03. The van der Waals surface area contributed by atoms with E-state index in [1.165, 1.54) is 5.69 Å². The first-order valence-corrected chi connectivity index (χ1v) is 9.25. The van der Waals surface area contributed by atoms with Gasteiger partial charge in [-0.3, -0.25) is 9.48 Å². The maximum atomic E-state index is 12.3. The molecule has 1 unspecified atom stereocenters. The molecule has 0 aliphatic carbocycles. The molecule has 3 heterocycles. The number of imidazole rings is 1. The van der Waals surface area contributed by atoms with Gasteiger partial charge in [0, 0.05) is 37.4 Å². The average molecular weight is 368 g/mol. The number of carbonyl (C=O) groups is 1. The molecule has 0 spiro atoms. The van der Waals surface area contributed by atoms with Crippen molar-refractivity contribution in [1.29, 1.82) is 0 Å². The zero-order chi connectivity index (χ0) is 19.0. The first-order valence-electron chi connectivity index (χ1n) is 9.25. The summed E-state index contributed by atoms with van der Waals surface area (Å²) in [6, 6.07) is 7.82. The molecule has 3 aromatic rings. The van der Waals surface area contributed by atoms with E-state index in [-0.39, 0.29) is 11.6 Å². The van der Waals surface area contributed by atoms with Gasteiger partial charge in [0.1, 0.15) is 0 Å². The largest absolute Gasteiger partial charge is 0.326 e. The molecular weight excluding hydrogens is 344 g/mol. The summed E-state index contributed by atoms with van der Waals surface area (Å²) in [7, 11) is 0. The van der Waals surface area contributed by atoms with Crippen LogP contribution in [0.2, 0.25) is 0 Å². The number of hydrogen-bond donors (Lipinski definition) is 3. The Labute approximate surface area is 156 Å². The number of rotatable bonds is 5. The maximum Gasteiger partial charge on any atom is 0.323 e. The van der Waals surface area contributed by atoms with E-state index in [1.54, 1.807) is 18.2 Å². The molecule has 1 aromatic carbocycles. The molecule has 4 rings (SSSR count). The lowest BCUT2D eigenvalue weighted by molar-refractivity contribution is -0.116. The van der Waals surface area contributed by atoms with Crippen molar-refractivity contribution >= 4 is 22.6 Å². The number of carbonyl (C=O) groups excluding carboxylic acids is 1. The van der Waals surface area contributed by atoms with Crippen LogP contribution in [0.25, 0.3) is 11.0 Å². The van der Waals surface area contributed by atoms with Crippen molar-refractivity contribution in [1.82, 2.24) is 24.6 Å². The third-order valence-electron chi connectivity index (χ3n) is 5.09. The summed E-state index contributed by atoms with van der Waals surface area (Å²) in [5, 5.41) is 7.49. The van der Waals surface area contributed by atoms with Crippen LogP contribution in [0.1, 0.15) is 30.3 Å². The van der Waals surface area contributed by atoms with Gasteiger partial charge in [0.05, 0.1) is 22.8 Å². The van der Waals surface area contributed by atoms with E-state index < -0.39 is 0 Å². The number of aryl methyl sites for hydroxylation is 2. The van der Waals surface area contributed by atoms with E-state index in [9.17, 15) is 9.59 Å². The van der Waals surface area contributed by atoms with Crippen LogP contribution in [-0.4, -0.2) is 50.2 Å². The monoisotopic (exact) mass is 368 g/mol. The maximum absolute atomic E-state index is 12.3. The zero-order valence-electron chi connectivity index (χ0n) is 15.6. The second-order valence-corrected chi connectivity index (χ2v) is 7.25. The molecular formula is C19H24N6O2. The third kappa shape index (κ3) is 3.80. The highest BCUT2D eigenvalue weighted by atomic mass is 16.1. The Hall–Kier alpha value is -2.87. The van der Waals surface area contributed by atoms with E-state index >= 15 is 0 Å². The van der Waals surface area contributed by atoms with Gasteiger partial charge >= 0.3 is 5.69 Å². The molecule has 0 radical (unpaired) electrons. The Balaban J connectivity index is 1.30. The van der Waals surface area contributed by atoms with Crippen LogP contribution >= 0.6 is 0 Å². The Morgan fingerprint density at radius 3 is 2.85 bits per heavy atom. The second-order valence-electron chi connectivity index (χ2n) is 7.25. The Morgan fingerprint density at radius 1 is 1.26 bits per heavy atom. The minimum atomic E-state index is -0.250. The number of nitrogens with zero attached hydrogens (tertiary/aromatic N) is 3. The van der Waals surface area contributed by atoms with E-state index in [4.69, 9.17) is 0 Å². The molecule has 1 aliphatic heterocycles. The van der Waals surface area contributed by atoms with Gasteiger partial charge in [-0.05, 0) is 44.5 Å². The number of anilines is 1. The lowest BCUT2D eigenvalue weighted by Gasteiger charge is -2.17. The number of hydrogen-bond acceptors (Lipinski definition) is 4. The summed E-state index contributed by atoms with van der Waals surface area (Å²) in [6.07, 6.45) is 1.49. The van der Waals surface area contributed by atoms with Crippen molar-refractivity contribution in [3.8, 4) is 0 Å². The van der Waals surface area contributed by atoms with Crippen molar-refractivity contribution in [2.24, 2.45) is 0 Å². The minimum Gasteiger partial charge on any atom is -0.326 e. The predicted octanol–water partition coefficient (Wildman–Crippen LogP) is 1.95. The number of fused-ring (bicyclic) bond motifs is 1. The number of nitrogens with one attached hydrogen (secondary N) is 3. The Bertz CT molecular complexity index is 1030. The number of amides is 1. The summed E-state index contributed by atoms with van der Waals surface area (Å²) in [4.78, 5) is 31.3. The molecule has 1 amide bonds. The van der Waals surface area contributed by atoms with Gasteiger partial charge in [-0.1, -0.05) is 0 Å². The topological polar surface area (TPSA) is 98.8 Å². The minimum absolute atomic E-state index is 0.0261. The molecule has 0 saturated carbocycles. The summed E-state index contributed by atoms with van der Waals surface area (Å²) in [6.45, 7) is 6.73. The van der Waals surface area contributed by atoms with E-state index in [2.05, 4.69) is 43.0 Å². The number of aromatic amines is 2. The SMILES string of the molecule is Cc1cc(C)n(C2CCN(CCC(=O)Nc3ccc4[nH]c(=O)[nH]c4c3)C2)n1. The van der Waals surface area contributed by atoms with Gasteiger partial charge in [-0.25, -0.2) is 4.79 Å². The van der Waals surface area contributed by atoms with Crippen LogP contribution in [0.5, 0.6) is 0 Å². The van der Waals surface area contributed by atoms with Crippen molar-refractivity contribution in [3.63, 3.8) is 0 Å². The fraction of sp³-hybridized carbons (Fsp3) is 0.421. The van der Waals surface area contributed by atoms with Crippen LogP contribution in [0.3, 0.4) is 0 Å². The van der Waals surface area contributed by atoms with Gasteiger partial charge in [0.2, 0.25) is 5.91 Å². The molecule has 2 aromatic heterocycles. The van der Waals surface area contributed by atoms with E-state index in [1.807, 2.05) is 6.92 Å². The third-order valence-corrected chi connectivity index (χ3v) is 5.09. The van der Waals surface area contributed by atoms with E-state index in [0.29, 0.717) is 23.7 Å². The smallest absolute Gasteiger partial charge is 0.323 e. The number of likely N-dealkylation sites (tertiary alicyclic amines) is 1. The van der Waals surface area contributed by atoms with Crippen molar-refractivity contribution in [2.75, 3.05) is 25.0 Å². The first kappa shape index (κ1) is 17.5. The predicted molar refractivity (Wildman–Crippen MR) is 104 cm³/mol. The van der Waals surface area contributed by atoms with E-state index in [0.717, 1.165) is 37.3 Å². The lowest BCUT2D eigenvalue weighted by atomic mass is 10.2. The van der Waals surface area contributed by atoms with Gasteiger partial charge in [0.15, 0.2) is 0 Å². The van der Waals surface area contributed by atoms with Crippen molar-refractivity contribution in [3.05, 3.63) is 46.1 Å². The fourth-order valence-electron chi connectivity index (χ4n) is 3.82. The number of H-pyrrole nitrogens is 2. The highest BCUT2D eigenvalue weighted by Crippen LogP contribution is 2.23. The highest BCUT2D eigenvalue weighted by molar-refractivity contribution is 5.93. The molecule has 1 aliphatic rings. The van der Waals surface area contributed by atoms with Crippen LogP contribution in [0, 0.1) is 13.8 Å². The van der Waals surface area contributed by atoms with Crippen LogP contribution in [-0.2, 0) is 4.79 Å². The van der Waals surface area contributed by atoms with Crippen LogP contribution < -0.4 is 11.0 Å². The number of benzene rings is 1. The molecule has 8 heteroatoms. The fourth-order valence-corrected chi connectivity index (χ4v) is 3.82. The summed E-state index contributed by atoms with van der Waals surface area (Å²) in [5.74, 6) is -0.0261. The molecule has 27 heavy (non-hydrogen) atoms. The summed E-state index contributed by atoms with van der Waals surface area (Å²) in [5.41, 5.74) is 4.08. The zero-order valence-corrected chi connectivity index (χ0v) is 15.6. The Morgan fingerprint density at radius 2 is 2.07 bits per heavy atom. The molecule has 8 nitrogen and oxygen atoms in total. The first-order chi connectivity index (χ1) is 13.0. The average Bonchev–Trinajstić information content (AvgIpc) is 3.30.